The highest BCUT2D eigenvalue weighted by Crippen LogP contribution is 1.78. The van der Waals surface area contributed by atoms with Crippen molar-refractivity contribution >= 4 is 22.6 Å². The predicted molar refractivity (Wildman–Crippen MR) is 24.2 cm³/mol. The van der Waals surface area contributed by atoms with Crippen LogP contribution in [0.25, 0.3) is 0 Å². The van der Waals surface area contributed by atoms with Crippen molar-refractivity contribution in [2.24, 2.45) is 0 Å². The first-order valence-corrected chi connectivity index (χ1v) is 1.74. The summed E-state index contributed by atoms with van der Waals surface area (Å²) < 4.78 is 0. The van der Waals surface area contributed by atoms with Crippen LogP contribution in [0.5, 0.6) is 0 Å². The summed E-state index contributed by atoms with van der Waals surface area (Å²) in [6.07, 6.45) is 0. The third-order valence-electron chi connectivity index (χ3n) is 0.308. The van der Waals surface area contributed by atoms with Crippen LogP contribution >= 0.6 is 11.6 Å². The third kappa shape index (κ3) is 1.90. The monoisotopic (exact) mass is 116 g/mol. The van der Waals surface area contributed by atoms with E-state index < -0.39 is 11.0 Å². The first kappa shape index (κ1) is 6.12. The maximum atomic E-state index is 9.69. The minimum atomic E-state index is -1.01. The molecule has 0 aliphatic heterocycles. The van der Waals surface area contributed by atoms with Gasteiger partial charge in [-0.1, -0.05) is 0 Å². The van der Waals surface area contributed by atoms with E-state index in [9.17, 15) is 4.79 Å². The van der Waals surface area contributed by atoms with Crippen LogP contribution in [-0.2, 0) is 4.79 Å². The normalized spacial score (nSPS) is 6.86. The first-order valence-electron chi connectivity index (χ1n) is 1.37. The topological polar surface area (TPSA) is 64.7 Å². The van der Waals surface area contributed by atoms with Crippen LogP contribution in [0.3, 0.4) is 0 Å². The molecular weight excluding hydrogens is 115 g/mol. The molecule has 0 atom stereocenters. The van der Waals surface area contributed by atoms with Crippen molar-refractivity contribution in [3.63, 3.8) is 0 Å². The largest absolute Gasteiger partial charge is 0.286 e. The van der Waals surface area contributed by atoms with Crippen LogP contribution in [-0.4, -0.2) is 11.0 Å². The summed E-state index contributed by atoms with van der Waals surface area (Å²) in [5.74, 6) is 0. The van der Waals surface area contributed by atoms with Crippen molar-refractivity contribution in [3.8, 4) is 6.07 Å². The van der Waals surface area contributed by atoms with E-state index in [0.717, 1.165) is 0 Å². The number of hydrogen-bond acceptors (Lipinski definition) is 3. The first-order chi connectivity index (χ1) is 3.18. The molecule has 0 radical (unpaired) electrons. The van der Waals surface area contributed by atoms with E-state index in [2.05, 4.69) is 11.6 Å². The fraction of sp³-hybridized carbons (Fsp3) is 0. The lowest BCUT2D eigenvalue weighted by Crippen LogP contribution is -1.99. The Morgan fingerprint density at radius 1 is 1.86 bits per heavy atom. The molecule has 4 heteroatoms. The molecule has 0 saturated carbocycles. The Labute approximate surface area is 45.0 Å². The number of rotatable bonds is 1. The Kier molecular flexibility index (Phi) is 2.03. The lowest BCUT2D eigenvalue weighted by Gasteiger charge is -1.72. The summed E-state index contributed by atoms with van der Waals surface area (Å²) in [4.78, 5) is 9.69. The Morgan fingerprint density at radius 2 is 2.29 bits per heavy atom. The second-order valence-electron chi connectivity index (χ2n) is 0.761. The van der Waals surface area contributed by atoms with Gasteiger partial charge in [-0.25, -0.2) is 0 Å². The quantitative estimate of drug-likeness (QED) is 0.395. The van der Waals surface area contributed by atoms with Crippen molar-refractivity contribution in [2.75, 3.05) is 0 Å². The Hall–Kier alpha value is -0.880. The summed E-state index contributed by atoms with van der Waals surface area (Å²) >= 11 is 4.64. The molecule has 0 amide bonds. The smallest absolute Gasteiger partial charge is 0.280 e. The number of nitriles is 1. The third-order valence-corrected chi connectivity index (χ3v) is 0.497. The van der Waals surface area contributed by atoms with Gasteiger partial charge in [0.1, 0.15) is 6.07 Å². The summed E-state index contributed by atoms with van der Waals surface area (Å²) in [6.45, 7) is 0. The summed E-state index contributed by atoms with van der Waals surface area (Å²) in [5.41, 5.74) is -0.721. The number of nitrogens with zero attached hydrogens (tertiary/aromatic N) is 1. The van der Waals surface area contributed by atoms with E-state index in [-0.39, 0.29) is 0 Å². The lowest BCUT2D eigenvalue weighted by molar-refractivity contribution is -0.106. The van der Waals surface area contributed by atoms with Crippen LogP contribution < -0.4 is 0 Å². The van der Waals surface area contributed by atoms with E-state index >= 15 is 0 Å². The van der Waals surface area contributed by atoms with Crippen LogP contribution in [0.4, 0.5) is 0 Å². The van der Waals surface area contributed by atoms with Gasteiger partial charge in [-0.15, -0.1) is 0 Å². The van der Waals surface area contributed by atoms with Gasteiger partial charge in [0.2, 0.25) is 0 Å². The van der Waals surface area contributed by atoms with Gasteiger partial charge in [0, 0.05) is 0 Å². The van der Waals surface area contributed by atoms with Crippen molar-refractivity contribution in [3.05, 3.63) is 0 Å². The molecule has 7 heavy (non-hydrogen) atoms. The van der Waals surface area contributed by atoms with Crippen molar-refractivity contribution < 1.29 is 4.79 Å². The maximum Gasteiger partial charge on any atom is 0.280 e. The molecular formula is C3HClN2O. The molecule has 36 valence electrons. The molecule has 0 unspecified atom stereocenters. The second-order valence-corrected chi connectivity index (χ2v) is 1.10. The number of nitrogens with one attached hydrogen (secondary N) is 1. The fourth-order valence-corrected chi connectivity index (χ4v) is 0.0862. The summed E-state index contributed by atoms with van der Waals surface area (Å²) in [5, 5.41) is 13.1. The highest BCUT2D eigenvalue weighted by atomic mass is 35.5. The maximum absolute atomic E-state index is 9.69. The van der Waals surface area contributed by atoms with Gasteiger partial charge in [-0.05, 0) is 11.6 Å². The second kappa shape index (κ2) is 2.32. The van der Waals surface area contributed by atoms with Crippen LogP contribution in [0.2, 0.25) is 0 Å². The zero-order valence-corrected chi connectivity index (χ0v) is 3.99. The average molecular weight is 117 g/mol. The van der Waals surface area contributed by atoms with Crippen molar-refractivity contribution in [2.45, 2.75) is 0 Å². The Bertz CT molecular complexity index is 146. The highest BCUT2D eigenvalue weighted by molar-refractivity contribution is 6.83. The molecule has 0 spiro atoms. The zero-order chi connectivity index (χ0) is 5.86. The minimum absolute atomic E-state index is 0.721. The number of carbonyl (C=O) groups excluding carboxylic acids is 1. The SMILES string of the molecule is N#CC(=N)C(=O)Cl. The zero-order valence-electron chi connectivity index (χ0n) is 3.23. The minimum Gasteiger partial charge on any atom is -0.286 e. The average Bonchev–Trinajstić information content (AvgIpc) is 1.65. The molecule has 0 aliphatic carbocycles. The van der Waals surface area contributed by atoms with E-state index in [1.54, 1.807) is 0 Å². The molecule has 0 rings (SSSR count). The molecule has 3 nitrogen and oxygen atoms in total. The molecule has 0 saturated heterocycles. The van der Waals surface area contributed by atoms with E-state index in [1.807, 2.05) is 0 Å². The summed E-state index contributed by atoms with van der Waals surface area (Å²) in [7, 11) is 0. The van der Waals surface area contributed by atoms with Gasteiger partial charge >= 0.3 is 0 Å². The van der Waals surface area contributed by atoms with Crippen LogP contribution in [0.1, 0.15) is 0 Å². The van der Waals surface area contributed by atoms with Gasteiger partial charge in [0.15, 0.2) is 5.71 Å². The summed E-state index contributed by atoms with van der Waals surface area (Å²) in [6, 6.07) is 1.27. The molecule has 0 bridgehead atoms. The van der Waals surface area contributed by atoms with E-state index in [4.69, 9.17) is 10.7 Å². The van der Waals surface area contributed by atoms with Crippen molar-refractivity contribution in [1.82, 2.24) is 0 Å². The lowest BCUT2D eigenvalue weighted by atomic mass is 10.5. The Balaban J connectivity index is 3.90. The molecule has 0 aromatic carbocycles. The number of hydrogen-bond donors (Lipinski definition) is 1. The number of carbonyl (C=O) groups is 1. The standard InChI is InChI=1S/C3HClN2O/c4-3(7)2(6)1-5/h6H. The molecule has 0 fully saturated rings. The molecule has 0 aromatic heterocycles. The highest BCUT2D eigenvalue weighted by Gasteiger charge is 2.00. The molecule has 0 aromatic rings. The van der Waals surface area contributed by atoms with Gasteiger partial charge < -0.3 is 0 Å². The van der Waals surface area contributed by atoms with Gasteiger partial charge in [-0.3, -0.25) is 10.2 Å². The number of halogens is 1. The van der Waals surface area contributed by atoms with Crippen LogP contribution in [0, 0.1) is 16.7 Å². The fourth-order valence-electron chi connectivity index (χ4n) is 0.0440. The predicted octanol–water partition coefficient (Wildman–Crippen LogP) is 0.295. The van der Waals surface area contributed by atoms with Crippen LogP contribution in [0.15, 0.2) is 0 Å². The Morgan fingerprint density at radius 3 is 2.29 bits per heavy atom. The molecule has 1 N–H and O–H groups in total. The molecule has 0 heterocycles. The van der Waals surface area contributed by atoms with Gasteiger partial charge in [0.05, 0.1) is 0 Å². The van der Waals surface area contributed by atoms with Crippen molar-refractivity contribution in [1.29, 1.82) is 10.7 Å². The molecule has 0 aliphatic rings. The van der Waals surface area contributed by atoms with E-state index in [0.29, 0.717) is 0 Å². The van der Waals surface area contributed by atoms with E-state index in [1.165, 1.54) is 6.07 Å². The van der Waals surface area contributed by atoms with Gasteiger partial charge in [0.25, 0.3) is 5.24 Å². The van der Waals surface area contributed by atoms with Gasteiger partial charge in [-0.2, -0.15) is 5.26 Å².